The molecule has 0 saturated heterocycles. The molecule has 5 heteroatoms. The maximum Gasteiger partial charge on any atom is 0.232 e. The third kappa shape index (κ3) is 2.77. The average molecular weight is 268 g/mol. The van der Waals surface area contributed by atoms with E-state index in [4.69, 9.17) is 0 Å². The fraction of sp³-hybridized carbons (Fsp3) is 0.538. The molecular formula is C13H20N2O2S. The van der Waals surface area contributed by atoms with E-state index in [2.05, 4.69) is 30.4 Å². The van der Waals surface area contributed by atoms with Crippen molar-refractivity contribution in [1.82, 2.24) is 0 Å². The lowest BCUT2D eigenvalue weighted by Crippen LogP contribution is -2.44. The van der Waals surface area contributed by atoms with E-state index in [9.17, 15) is 8.42 Å². The molecule has 0 radical (unpaired) electrons. The molecule has 0 amide bonds. The molecule has 0 atom stereocenters. The number of fused-ring (bicyclic) bond motifs is 1. The van der Waals surface area contributed by atoms with Gasteiger partial charge in [-0.3, -0.25) is 4.72 Å². The molecule has 4 nitrogen and oxygen atoms in total. The minimum Gasteiger partial charge on any atom is -0.365 e. The number of sulfonamides is 1. The van der Waals surface area contributed by atoms with Gasteiger partial charge in [-0.25, -0.2) is 8.42 Å². The zero-order chi connectivity index (χ0) is 13.4. The highest BCUT2D eigenvalue weighted by molar-refractivity contribution is 7.92. The molecule has 1 aliphatic rings. The summed E-state index contributed by atoms with van der Waals surface area (Å²) in [5.74, 6) is 0.175. The number of nitrogens with one attached hydrogen (secondary N) is 1. The molecule has 0 fully saturated rings. The fourth-order valence-corrected chi connectivity index (χ4v) is 3.36. The lowest BCUT2D eigenvalue weighted by atomic mass is 10.0. The summed E-state index contributed by atoms with van der Waals surface area (Å²) in [5.41, 5.74) is 1.60. The zero-order valence-electron chi connectivity index (χ0n) is 11.1. The molecule has 0 aromatic heterocycles. The Morgan fingerprint density at radius 2 is 1.89 bits per heavy atom. The quantitative estimate of drug-likeness (QED) is 0.786. The highest BCUT2D eigenvalue weighted by atomic mass is 32.2. The van der Waals surface area contributed by atoms with Crippen molar-refractivity contribution in [2.75, 3.05) is 21.9 Å². The largest absolute Gasteiger partial charge is 0.365 e. The molecule has 0 aliphatic carbocycles. The van der Waals surface area contributed by atoms with Gasteiger partial charge in [-0.05, 0) is 39.3 Å². The third-order valence-corrected chi connectivity index (χ3v) is 4.42. The predicted octanol–water partition coefficient (Wildman–Crippen LogP) is 2.44. The Hall–Kier alpha value is -1.23. The van der Waals surface area contributed by atoms with Gasteiger partial charge in [0.15, 0.2) is 0 Å². The van der Waals surface area contributed by atoms with Gasteiger partial charge in [0, 0.05) is 12.1 Å². The second-order valence-electron chi connectivity index (χ2n) is 5.61. The van der Waals surface area contributed by atoms with Crippen molar-refractivity contribution in [3.63, 3.8) is 0 Å². The SMILES string of the molecule is CC(C)(C)N1CCCS(=O)(=O)Nc2ccccc21. The van der Waals surface area contributed by atoms with Crippen molar-refractivity contribution in [2.45, 2.75) is 32.7 Å². The van der Waals surface area contributed by atoms with E-state index in [-0.39, 0.29) is 11.3 Å². The Bertz CT molecular complexity index is 532. The normalized spacial score (nSPS) is 19.4. The number of rotatable bonds is 0. The van der Waals surface area contributed by atoms with Crippen LogP contribution < -0.4 is 9.62 Å². The maximum absolute atomic E-state index is 11.8. The molecule has 0 saturated carbocycles. The Kier molecular flexibility index (Phi) is 3.27. The molecule has 0 unspecified atom stereocenters. The number of benzene rings is 1. The average Bonchev–Trinajstić information content (AvgIpc) is 2.21. The molecule has 1 aromatic rings. The molecule has 100 valence electrons. The minimum atomic E-state index is -3.20. The fourth-order valence-electron chi connectivity index (χ4n) is 2.24. The van der Waals surface area contributed by atoms with Crippen molar-refractivity contribution in [2.24, 2.45) is 0 Å². The highest BCUT2D eigenvalue weighted by Crippen LogP contribution is 2.33. The number of hydrogen-bond acceptors (Lipinski definition) is 3. The van der Waals surface area contributed by atoms with Crippen molar-refractivity contribution >= 4 is 21.4 Å². The van der Waals surface area contributed by atoms with Crippen LogP contribution in [0.25, 0.3) is 0 Å². The van der Waals surface area contributed by atoms with E-state index in [1.807, 2.05) is 24.3 Å². The highest BCUT2D eigenvalue weighted by Gasteiger charge is 2.27. The summed E-state index contributed by atoms with van der Waals surface area (Å²) in [5, 5.41) is 0. The first-order chi connectivity index (χ1) is 8.30. The summed E-state index contributed by atoms with van der Waals surface area (Å²) >= 11 is 0. The molecular weight excluding hydrogens is 248 g/mol. The van der Waals surface area contributed by atoms with Crippen molar-refractivity contribution in [3.8, 4) is 0 Å². The van der Waals surface area contributed by atoms with Crippen LogP contribution in [0.4, 0.5) is 11.4 Å². The van der Waals surface area contributed by atoms with Gasteiger partial charge in [-0.15, -0.1) is 0 Å². The Morgan fingerprint density at radius 1 is 1.22 bits per heavy atom. The van der Waals surface area contributed by atoms with Crippen LogP contribution in [0.2, 0.25) is 0 Å². The van der Waals surface area contributed by atoms with Crippen LogP contribution in [0.5, 0.6) is 0 Å². The first-order valence-electron chi connectivity index (χ1n) is 6.17. The number of hydrogen-bond donors (Lipinski definition) is 1. The van der Waals surface area contributed by atoms with E-state index in [1.54, 1.807) is 0 Å². The zero-order valence-corrected chi connectivity index (χ0v) is 11.9. The Morgan fingerprint density at radius 3 is 2.56 bits per heavy atom. The summed E-state index contributed by atoms with van der Waals surface area (Å²) in [7, 11) is -3.20. The number of para-hydroxylation sites is 2. The van der Waals surface area contributed by atoms with Crippen LogP contribution in [0.15, 0.2) is 24.3 Å². The number of anilines is 2. The Labute approximate surface area is 109 Å². The standard InChI is InChI=1S/C13H20N2O2S/c1-13(2,3)15-9-6-10-18(16,17)14-11-7-4-5-8-12(11)15/h4-5,7-8,14H,6,9-10H2,1-3H3. The lowest BCUT2D eigenvalue weighted by molar-refractivity contribution is 0.499. The molecule has 1 aliphatic heterocycles. The summed E-state index contributed by atoms with van der Waals surface area (Å²) in [6.07, 6.45) is 0.640. The molecule has 0 spiro atoms. The van der Waals surface area contributed by atoms with Gasteiger partial charge in [0.2, 0.25) is 10.0 Å². The summed E-state index contributed by atoms with van der Waals surface area (Å²) in [6.45, 7) is 7.17. The van der Waals surface area contributed by atoms with E-state index >= 15 is 0 Å². The first-order valence-corrected chi connectivity index (χ1v) is 7.82. The van der Waals surface area contributed by atoms with Crippen molar-refractivity contribution < 1.29 is 8.42 Å². The topological polar surface area (TPSA) is 49.4 Å². The minimum absolute atomic E-state index is 0.0289. The summed E-state index contributed by atoms with van der Waals surface area (Å²) in [6, 6.07) is 7.57. The first kappa shape index (κ1) is 13.2. The Balaban J connectivity index is 2.51. The maximum atomic E-state index is 11.8. The van der Waals surface area contributed by atoms with Gasteiger partial charge < -0.3 is 4.90 Å². The van der Waals surface area contributed by atoms with Crippen LogP contribution in [-0.2, 0) is 10.0 Å². The third-order valence-electron chi connectivity index (χ3n) is 3.06. The molecule has 1 N–H and O–H groups in total. The van der Waals surface area contributed by atoms with Gasteiger partial charge in [0.1, 0.15) is 0 Å². The van der Waals surface area contributed by atoms with Crippen molar-refractivity contribution in [3.05, 3.63) is 24.3 Å². The smallest absolute Gasteiger partial charge is 0.232 e. The van der Waals surface area contributed by atoms with Crippen LogP contribution in [0.3, 0.4) is 0 Å². The predicted molar refractivity (Wildman–Crippen MR) is 75.6 cm³/mol. The second-order valence-corrected chi connectivity index (χ2v) is 7.46. The number of nitrogens with zero attached hydrogens (tertiary/aromatic N) is 1. The second kappa shape index (κ2) is 4.46. The molecule has 0 bridgehead atoms. The monoisotopic (exact) mass is 268 g/mol. The van der Waals surface area contributed by atoms with Crippen LogP contribution in [-0.4, -0.2) is 26.3 Å². The van der Waals surface area contributed by atoms with Gasteiger partial charge in [-0.2, -0.15) is 0 Å². The molecule has 2 rings (SSSR count). The van der Waals surface area contributed by atoms with Gasteiger partial charge in [0.05, 0.1) is 17.1 Å². The van der Waals surface area contributed by atoms with Gasteiger partial charge in [0.25, 0.3) is 0 Å². The molecule has 18 heavy (non-hydrogen) atoms. The van der Waals surface area contributed by atoms with E-state index in [0.717, 1.165) is 12.2 Å². The molecule has 1 aromatic carbocycles. The van der Waals surface area contributed by atoms with E-state index in [0.29, 0.717) is 12.1 Å². The lowest BCUT2D eigenvalue weighted by Gasteiger charge is -2.40. The van der Waals surface area contributed by atoms with Crippen molar-refractivity contribution in [1.29, 1.82) is 0 Å². The van der Waals surface area contributed by atoms with Crippen LogP contribution in [0, 0.1) is 0 Å². The van der Waals surface area contributed by atoms with Crippen LogP contribution >= 0.6 is 0 Å². The van der Waals surface area contributed by atoms with Crippen LogP contribution in [0.1, 0.15) is 27.2 Å². The summed E-state index contributed by atoms with van der Waals surface area (Å²) < 4.78 is 26.3. The van der Waals surface area contributed by atoms with E-state index < -0.39 is 10.0 Å². The molecule has 1 heterocycles. The van der Waals surface area contributed by atoms with Gasteiger partial charge >= 0.3 is 0 Å². The summed E-state index contributed by atoms with van der Waals surface area (Å²) in [4.78, 5) is 2.25. The van der Waals surface area contributed by atoms with E-state index in [1.165, 1.54) is 0 Å². The van der Waals surface area contributed by atoms with Gasteiger partial charge in [-0.1, -0.05) is 12.1 Å².